The molecule has 0 radical (unpaired) electrons. The molecule has 1 aromatic heterocycles. The summed E-state index contributed by atoms with van der Waals surface area (Å²) >= 11 is 0. The van der Waals surface area contributed by atoms with Crippen molar-refractivity contribution in [3.63, 3.8) is 0 Å². The molecule has 1 saturated carbocycles. The summed E-state index contributed by atoms with van der Waals surface area (Å²) in [4.78, 5) is 27.1. The highest BCUT2D eigenvalue weighted by molar-refractivity contribution is 5.83. The van der Waals surface area contributed by atoms with Crippen molar-refractivity contribution in [1.82, 2.24) is 14.7 Å². The number of aryl methyl sites for hydroxylation is 1. The van der Waals surface area contributed by atoms with Crippen LogP contribution in [0, 0.1) is 6.92 Å². The molecule has 1 aliphatic rings. The van der Waals surface area contributed by atoms with Gasteiger partial charge in [0, 0.05) is 18.5 Å². The van der Waals surface area contributed by atoms with Crippen molar-refractivity contribution in [2.24, 2.45) is 0 Å². The van der Waals surface area contributed by atoms with Gasteiger partial charge in [-0.25, -0.2) is 4.68 Å². The van der Waals surface area contributed by atoms with Crippen molar-refractivity contribution in [2.75, 3.05) is 7.05 Å². The zero-order chi connectivity index (χ0) is 17.1. The third kappa shape index (κ3) is 3.35. The number of rotatable bonds is 3. The fourth-order valence-electron chi connectivity index (χ4n) is 3.60. The predicted molar refractivity (Wildman–Crippen MR) is 95.0 cm³/mol. The molecule has 0 spiro atoms. The Morgan fingerprint density at radius 1 is 1.17 bits per heavy atom. The van der Waals surface area contributed by atoms with E-state index in [9.17, 15) is 9.59 Å². The van der Waals surface area contributed by atoms with E-state index in [1.807, 2.05) is 37.1 Å². The number of carbonyl (C=O) groups excluding carboxylic acids is 1. The van der Waals surface area contributed by atoms with Crippen molar-refractivity contribution in [2.45, 2.75) is 58.0 Å². The lowest BCUT2D eigenvalue weighted by molar-refractivity contribution is -0.133. The summed E-state index contributed by atoms with van der Waals surface area (Å²) in [5.74, 6) is -0.0359. The Hall–Kier alpha value is -2.17. The van der Waals surface area contributed by atoms with E-state index in [-0.39, 0.29) is 24.1 Å². The first-order valence-corrected chi connectivity index (χ1v) is 8.80. The van der Waals surface area contributed by atoms with Crippen LogP contribution in [0.25, 0.3) is 10.8 Å². The number of hydrogen-bond donors (Lipinski definition) is 0. The fraction of sp³-hybridized carbons (Fsp3) is 0.526. The maximum absolute atomic E-state index is 12.6. The smallest absolute Gasteiger partial charge is 0.275 e. The van der Waals surface area contributed by atoms with Gasteiger partial charge in [0.25, 0.3) is 5.56 Å². The number of nitrogens with zero attached hydrogens (tertiary/aromatic N) is 3. The fourth-order valence-corrected chi connectivity index (χ4v) is 3.60. The van der Waals surface area contributed by atoms with Gasteiger partial charge < -0.3 is 4.90 Å². The molecule has 0 aliphatic heterocycles. The topological polar surface area (TPSA) is 55.2 Å². The third-order valence-electron chi connectivity index (χ3n) is 5.10. The number of likely N-dealkylation sites (N-methyl/N-ethyl adjacent to an activating group) is 1. The van der Waals surface area contributed by atoms with Gasteiger partial charge in [-0.15, -0.1) is 0 Å². The van der Waals surface area contributed by atoms with Gasteiger partial charge in [-0.3, -0.25) is 9.59 Å². The first-order chi connectivity index (χ1) is 11.6. The zero-order valence-corrected chi connectivity index (χ0v) is 14.5. The average Bonchev–Trinajstić information content (AvgIpc) is 2.88. The van der Waals surface area contributed by atoms with Crippen molar-refractivity contribution in [3.05, 3.63) is 40.3 Å². The van der Waals surface area contributed by atoms with Crippen LogP contribution in [0.15, 0.2) is 29.1 Å². The first-order valence-electron chi connectivity index (χ1n) is 8.80. The molecular weight excluding hydrogens is 302 g/mol. The molecule has 0 N–H and O–H groups in total. The van der Waals surface area contributed by atoms with E-state index in [0.29, 0.717) is 5.39 Å². The van der Waals surface area contributed by atoms with Crippen LogP contribution in [0.1, 0.15) is 44.2 Å². The third-order valence-corrected chi connectivity index (χ3v) is 5.10. The molecule has 2 aromatic rings. The molecule has 24 heavy (non-hydrogen) atoms. The SMILES string of the molecule is Cc1nn(CC(=O)N(C)C2CCCCCC2)c(=O)c2ccccc12. The maximum Gasteiger partial charge on any atom is 0.275 e. The van der Waals surface area contributed by atoms with Crippen LogP contribution in [0.3, 0.4) is 0 Å². The summed E-state index contributed by atoms with van der Waals surface area (Å²) in [6, 6.07) is 7.71. The molecule has 1 fully saturated rings. The van der Waals surface area contributed by atoms with E-state index in [2.05, 4.69) is 5.10 Å². The largest absolute Gasteiger partial charge is 0.341 e. The minimum Gasteiger partial charge on any atom is -0.341 e. The summed E-state index contributed by atoms with van der Waals surface area (Å²) in [6.07, 6.45) is 6.97. The minimum absolute atomic E-state index is 0.0114. The van der Waals surface area contributed by atoms with Crippen LogP contribution in [-0.2, 0) is 11.3 Å². The van der Waals surface area contributed by atoms with Crippen molar-refractivity contribution >= 4 is 16.7 Å². The number of benzene rings is 1. The van der Waals surface area contributed by atoms with E-state index >= 15 is 0 Å². The minimum atomic E-state index is -0.196. The van der Waals surface area contributed by atoms with Crippen LogP contribution >= 0.6 is 0 Å². The Balaban J connectivity index is 1.82. The predicted octanol–water partition coefficient (Wildman–Crippen LogP) is 2.89. The van der Waals surface area contributed by atoms with E-state index < -0.39 is 0 Å². The maximum atomic E-state index is 12.6. The molecule has 128 valence electrons. The Labute approximate surface area is 142 Å². The zero-order valence-electron chi connectivity index (χ0n) is 14.5. The summed E-state index contributed by atoms with van der Waals surface area (Å²) in [7, 11) is 1.86. The molecule has 5 heteroatoms. The summed E-state index contributed by atoms with van der Waals surface area (Å²) < 4.78 is 1.31. The van der Waals surface area contributed by atoms with Crippen LogP contribution in [0.5, 0.6) is 0 Å². The van der Waals surface area contributed by atoms with Crippen LogP contribution in [0.4, 0.5) is 0 Å². The van der Waals surface area contributed by atoms with Gasteiger partial charge in [-0.2, -0.15) is 5.10 Å². The number of fused-ring (bicyclic) bond motifs is 1. The van der Waals surface area contributed by atoms with Crippen LogP contribution in [0.2, 0.25) is 0 Å². The molecule has 1 heterocycles. The van der Waals surface area contributed by atoms with Gasteiger partial charge in [0.15, 0.2) is 0 Å². The molecule has 3 rings (SSSR count). The molecule has 1 aliphatic carbocycles. The van der Waals surface area contributed by atoms with Crippen molar-refractivity contribution in [1.29, 1.82) is 0 Å². The Morgan fingerprint density at radius 3 is 2.46 bits per heavy atom. The molecule has 1 amide bonds. The summed E-state index contributed by atoms with van der Waals surface area (Å²) in [5.41, 5.74) is 0.578. The second-order valence-corrected chi connectivity index (χ2v) is 6.74. The molecule has 1 aromatic carbocycles. The average molecular weight is 327 g/mol. The molecule has 0 bridgehead atoms. The lowest BCUT2D eigenvalue weighted by atomic mass is 10.1. The second kappa shape index (κ2) is 7.16. The normalized spacial score (nSPS) is 16.1. The van der Waals surface area contributed by atoms with Gasteiger partial charge in [0.2, 0.25) is 5.91 Å². The van der Waals surface area contributed by atoms with E-state index in [4.69, 9.17) is 0 Å². The molecule has 5 nitrogen and oxygen atoms in total. The Bertz CT molecular complexity index is 789. The van der Waals surface area contributed by atoms with Gasteiger partial charge in [-0.1, -0.05) is 43.9 Å². The van der Waals surface area contributed by atoms with Gasteiger partial charge in [-0.05, 0) is 25.8 Å². The number of carbonyl (C=O) groups is 1. The van der Waals surface area contributed by atoms with Crippen LogP contribution < -0.4 is 5.56 Å². The summed E-state index contributed by atoms with van der Waals surface area (Å²) in [6.45, 7) is 1.88. The lowest BCUT2D eigenvalue weighted by Crippen LogP contribution is -2.41. The molecular formula is C19H25N3O2. The quantitative estimate of drug-likeness (QED) is 0.815. The molecule has 0 unspecified atom stereocenters. The highest BCUT2D eigenvalue weighted by atomic mass is 16.2. The first kappa shape index (κ1) is 16.7. The second-order valence-electron chi connectivity index (χ2n) is 6.74. The molecule has 0 atom stereocenters. The monoisotopic (exact) mass is 327 g/mol. The van der Waals surface area contributed by atoms with Crippen LogP contribution in [-0.4, -0.2) is 33.7 Å². The van der Waals surface area contributed by atoms with Gasteiger partial charge >= 0.3 is 0 Å². The Morgan fingerprint density at radius 2 is 1.79 bits per heavy atom. The highest BCUT2D eigenvalue weighted by Crippen LogP contribution is 2.21. The lowest BCUT2D eigenvalue weighted by Gasteiger charge is -2.27. The summed E-state index contributed by atoms with van der Waals surface area (Å²) in [5, 5.41) is 5.81. The number of amides is 1. The number of hydrogen-bond acceptors (Lipinski definition) is 3. The van der Waals surface area contributed by atoms with E-state index in [0.717, 1.165) is 23.9 Å². The number of aromatic nitrogens is 2. The Kier molecular flexibility index (Phi) is 4.97. The molecule has 0 saturated heterocycles. The standard InChI is InChI=1S/C19H25N3O2/c1-14-16-11-7-8-12-17(16)19(24)22(20-14)13-18(23)21(2)15-9-5-3-4-6-10-15/h7-8,11-12,15H,3-6,9-10,13H2,1-2H3. The van der Waals surface area contributed by atoms with Crippen molar-refractivity contribution in [3.8, 4) is 0 Å². The van der Waals surface area contributed by atoms with E-state index in [1.165, 1.54) is 30.4 Å². The highest BCUT2D eigenvalue weighted by Gasteiger charge is 2.22. The van der Waals surface area contributed by atoms with Crippen molar-refractivity contribution < 1.29 is 4.79 Å². The van der Waals surface area contributed by atoms with Gasteiger partial charge in [0.05, 0.1) is 11.1 Å². The van der Waals surface area contributed by atoms with E-state index in [1.54, 1.807) is 6.07 Å². The van der Waals surface area contributed by atoms with Gasteiger partial charge in [0.1, 0.15) is 6.54 Å².